The first-order chi connectivity index (χ1) is 5.02. The fraction of sp³-hybridized carbons (Fsp3) is 1.00. The minimum atomic E-state index is -2.44. The molecule has 3 heteroatoms. The smallest absolute Gasteiger partial charge is 0.207 e. The van der Waals surface area contributed by atoms with E-state index in [2.05, 4.69) is 0 Å². The van der Waals surface area contributed by atoms with Crippen molar-refractivity contribution >= 4 is 0 Å². The van der Waals surface area contributed by atoms with Gasteiger partial charge in [-0.3, -0.25) is 0 Å². The third-order valence-electron chi connectivity index (χ3n) is 2.79. The van der Waals surface area contributed by atoms with Crippen LogP contribution < -0.4 is 0 Å². The SMILES string of the molecule is CCCCC1(C(C)(F)F)CC1.[Ho]. The van der Waals surface area contributed by atoms with Gasteiger partial charge in [-0.1, -0.05) is 19.8 Å². The Balaban J connectivity index is 0.00000121. The van der Waals surface area contributed by atoms with Crippen LogP contribution in [0.3, 0.4) is 0 Å². The number of hydrogen-bond acceptors (Lipinski definition) is 0. The molecule has 0 nitrogen and oxygen atoms in total. The Morgan fingerprint density at radius 2 is 1.83 bits per heavy atom. The first-order valence-corrected chi connectivity index (χ1v) is 4.40. The van der Waals surface area contributed by atoms with Crippen LogP contribution in [0, 0.1) is 43.2 Å². The minimum Gasteiger partial charge on any atom is -0.207 e. The molecule has 1 aliphatic rings. The summed E-state index contributed by atoms with van der Waals surface area (Å²) in [4.78, 5) is 0. The Morgan fingerprint density at radius 1 is 1.33 bits per heavy atom. The molecule has 77 valence electrons. The topological polar surface area (TPSA) is 0 Å². The van der Waals surface area contributed by atoms with Gasteiger partial charge in [0, 0.05) is 43.2 Å². The predicted octanol–water partition coefficient (Wildman–Crippen LogP) is 3.61. The Bertz CT molecular complexity index is 136. The van der Waals surface area contributed by atoms with E-state index >= 15 is 0 Å². The van der Waals surface area contributed by atoms with Crippen LogP contribution in [0.5, 0.6) is 0 Å². The average Bonchev–Trinajstić information content (AvgIpc) is 2.61. The molecular formula is C9H16F2Ho. The molecule has 0 heterocycles. The summed E-state index contributed by atoms with van der Waals surface area (Å²) >= 11 is 0. The first kappa shape index (κ1) is 13.1. The normalized spacial score (nSPS) is 20.0. The third kappa shape index (κ3) is 2.81. The van der Waals surface area contributed by atoms with Crippen molar-refractivity contribution < 1.29 is 46.5 Å². The van der Waals surface area contributed by atoms with Crippen LogP contribution in [0.15, 0.2) is 0 Å². The van der Waals surface area contributed by atoms with Gasteiger partial charge in [0.15, 0.2) is 0 Å². The van der Waals surface area contributed by atoms with Crippen molar-refractivity contribution in [3.8, 4) is 0 Å². The second kappa shape index (κ2) is 4.56. The molecule has 0 aliphatic heterocycles. The molecule has 0 saturated heterocycles. The van der Waals surface area contributed by atoms with Gasteiger partial charge in [-0.15, -0.1) is 0 Å². The molecule has 0 aromatic carbocycles. The van der Waals surface area contributed by atoms with E-state index < -0.39 is 11.3 Å². The van der Waals surface area contributed by atoms with Crippen molar-refractivity contribution in [3.63, 3.8) is 0 Å². The standard InChI is InChI=1S/C9H16F2.Ho/c1-3-4-5-9(6-7-9)8(2,10)11;/h3-7H2,1-2H3;. The van der Waals surface area contributed by atoms with E-state index in [9.17, 15) is 8.78 Å². The fourth-order valence-corrected chi connectivity index (χ4v) is 1.57. The second-order valence-electron chi connectivity index (χ2n) is 3.77. The summed E-state index contributed by atoms with van der Waals surface area (Å²) in [6.45, 7) is 3.11. The van der Waals surface area contributed by atoms with Crippen molar-refractivity contribution in [1.29, 1.82) is 0 Å². The maximum atomic E-state index is 12.9. The van der Waals surface area contributed by atoms with Crippen molar-refractivity contribution in [2.75, 3.05) is 0 Å². The van der Waals surface area contributed by atoms with Crippen LogP contribution in [-0.4, -0.2) is 5.92 Å². The average molecular weight is 327 g/mol. The van der Waals surface area contributed by atoms with E-state index in [0.29, 0.717) is 6.42 Å². The zero-order chi connectivity index (χ0) is 8.54. The molecule has 0 bridgehead atoms. The number of rotatable bonds is 4. The molecule has 1 radical (unpaired) electrons. The summed E-state index contributed by atoms with van der Waals surface area (Å²) in [6, 6.07) is 0. The molecule has 1 rings (SSSR count). The fourth-order valence-electron chi connectivity index (χ4n) is 1.57. The summed E-state index contributed by atoms with van der Waals surface area (Å²) in [5.41, 5.74) is -0.594. The minimum absolute atomic E-state index is 0. The van der Waals surface area contributed by atoms with E-state index in [1.54, 1.807) is 0 Å². The maximum Gasteiger partial charge on any atom is 0.250 e. The van der Waals surface area contributed by atoms with Gasteiger partial charge in [0.25, 0.3) is 5.92 Å². The molecule has 1 aliphatic carbocycles. The molecule has 12 heavy (non-hydrogen) atoms. The Kier molecular flexibility index (Phi) is 4.99. The van der Waals surface area contributed by atoms with E-state index in [0.717, 1.165) is 32.6 Å². The van der Waals surface area contributed by atoms with Gasteiger partial charge in [0.05, 0.1) is 0 Å². The molecule has 1 fully saturated rings. The zero-order valence-electron chi connectivity index (χ0n) is 7.59. The maximum absolute atomic E-state index is 12.9. The van der Waals surface area contributed by atoms with Crippen molar-refractivity contribution in [3.05, 3.63) is 0 Å². The number of halogens is 2. The molecular weight excluding hydrogens is 311 g/mol. The van der Waals surface area contributed by atoms with E-state index in [4.69, 9.17) is 0 Å². The summed E-state index contributed by atoms with van der Waals surface area (Å²) in [5.74, 6) is -2.44. The van der Waals surface area contributed by atoms with Crippen LogP contribution in [0.4, 0.5) is 8.78 Å². The molecule has 0 aromatic rings. The Labute approximate surface area is 103 Å². The number of alkyl halides is 2. The van der Waals surface area contributed by atoms with Crippen LogP contribution in [0.2, 0.25) is 0 Å². The molecule has 0 aromatic heterocycles. The van der Waals surface area contributed by atoms with Crippen LogP contribution in [-0.2, 0) is 0 Å². The van der Waals surface area contributed by atoms with Crippen LogP contribution >= 0.6 is 0 Å². The summed E-state index contributed by atoms with van der Waals surface area (Å²) in [5, 5.41) is 0. The van der Waals surface area contributed by atoms with Crippen molar-refractivity contribution in [2.45, 2.75) is 51.9 Å². The second-order valence-corrected chi connectivity index (χ2v) is 3.77. The monoisotopic (exact) mass is 327 g/mol. The van der Waals surface area contributed by atoms with Gasteiger partial charge in [-0.05, 0) is 26.2 Å². The molecule has 0 atom stereocenters. The largest absolute Gasteiger partial charge is 0.250 e. The van der Waals surface area contributed by atoms with Crippen molar-refractivity contribution in [2.24, 2.45) is 5.41 Å². The molecule has 0 unspecified atom stereocenters. The Hall–Kier alpha value is 1.12. The molecule has 0 spiro atoms. The van der Waals surface area contributed by atoms with Crippen molar-refractivity contribution in [1.82, 2.24) is 0 Å². The summed E-state index contributed by atoms with van der Waals surface area (Å²) in [7, 11) is 0. The Morgan fingerprint density at radius 3 is 2.08 bits per heavy atom. The first-order valence-electron chi connectivity index (χ1n) is 4.40. The van der Waals surface area contributed by atoms with Crippen LogP contribution in [0.25, 0.3) is 0 Å². The van der Waals surface area contributed by atoms with Gasteiger partial charge in [-0.25, -0.2) is 8.78 Å². The van der Waals surface area contributed by atoms with Gasteiger partial charge in [0.2, 0.25) is 0 Å². The summed E-state index contributed by atoms with van der Waals surface area (Å²) < 4.78 is 25.8. The van der Waals surface area contributed by atoms with Gasteiger partial charge in [0.1, 0.15) is 0 Å². The van der Waals surface area contributed by atoms with Gasteiger partial charge < -0.3 is 0 Å². The quantitative estimate of drug-likeness (QED) is 0.692. The number of unbranched alkanes of at least 4 members (excludes halogenated alkanes) is 1. The number of hydrogen-bond donors (Lipinski definition) is 0. The van der Waals surface area contributed by atoms with Gasteiger partial charge in [-0.2, -0.15) is 0 Å². The molecule has 0 amide bonds. The third-order valence-corrected chi connectivity index (χ3v) is 2.79. The van der Waals surface area contributed by atoms with E-state index in [1.807, 2.05) is 6.92 Å². The van der Waals surface area contributed by atoms with E-state index in [-0.39, 0.29) is 37.7 Å². The zero-order valence-corrected chi connectivity index (χ0v) is 9.53. The predicted molar refractivity (Wildman–Crippen MR) is 41.8 cm³/mol. The molecule has 1 saturated carbocycles. The summed E-state index contributed by atoms with van der Waals surface area (Å²) in [6.07, 6.45) is 4.15. The molecule has 0 N–H and O–H groups in total. The van der Waals surface area contributed by atoms with Crippen LogP contribution in [0.1, 0.15) is 46.0 Å². The van der Waals surface area contributed by atoms with Gasteiger partial charge >= 0.3 is 0 Å². The van der Waals surface area contributed by atoms with E-state index in [1.165, 1.54) is 0 Å².